The predicted molar refractivity (Wildman–Crippen MR) is 121 cm³/mol. The van der Waals surface area contributed by atoms with Crippen molar-refractivity contribution in [3.05, 3.63) is 52.8 Å². The van der Waals surface area contributed by atoms with Gasteiger partial charge in [-0.15, -0.1) is 0 Å². The maximum atomic E-state index is 13.9. The highest BCUT2D eigenvalue weighted by atomic mass is 16.3. The highest BCUT2D eigenvalue weighted by Gasteiger charge is 2.58. The van der Waals surface area contributed by atoms with Crippen molar-refractivity contribution in [3.63, 3.8) is 0 Å². The summed E-state index contributed by atoms with van der Waals surface area (Å²) in [4.78, 5) is 18.1. The Morgan fingerprint density at radius 1 is 1.26 bits per heavy atom. The molecule has 2 aliphatic carbocycles. The predicted octanol–water partition coefficient (Wildman–Crippen LogP) is 4.94. The van der Waals surface area contributed by atoms with E-state index in [1.807, 2.05) is 32.0 Å². The van der Waals surface area contributed by atoms with E-state index in [0.29, 0.717) is 18.5 Å². The monoisotopic (exact) mass is 422 g/mol. The number of aromatic hydroxyl groups is 2. The number of fused-ring (bicyclic) bond motifs is 3. The average molecular weight is 423 g/mol. The first kappa shape index (κ1) is 21.7. The van der Waals surface area contributed by atoms with Crippen LogP contribution in [-0.4, -0.2) is 21.1 Å². The molecule has 166 valence electrons. The molecular weight excluding hydrogens is 388 g/mol. The summed E-state index contributed by atoms with van der Waals surface area (Å²) in [5.41, 5.74) is 2.48. The zero-order chi connectivity index (χ0) is 22.4. The largest absolute Gasteiger partial charge is 0.504 e. The Morgan fingerprint density at radius 3 is 2.71 bits per heavy atom. The van der Waals surface area contributed by atoms with Crippen molar-refractivity contribution in [2.45, 2.75) is 77.7 Å². The number of nitrogens with zero attached hydrogens (tertiary/aromatic N) is 1. The highest BCUT2D eigenvalue weighted by molar-refractivity contribution is 5.91. The number of rotatable bonds is 4. The van der Waals surface area contributed by atoms with Gasteiger partial charge in [0.2, 0.25) is 5.91 Å². The second-order valence-electron chi connectivity index (χ2n) is 10.3. The van der Waals surface area contributed by atoms with Crippen molar-refractivity contribution in [2.24, 2.45) is 11.3 Å². The van der Waals surface area contributed by atoms with Gasteiger partial charge < -0.3 is 15.5 Å². The number of benzene rings is 1. The van der Waals surface area contributed by atoms with Crippen molar-refractivity contribution in [3.8, 4) is 11.5 Å². The first-order valence-electron chi connectivity index (χ1n) is 11.4. The van der Waals surface area contributed by atoms with Gasteiger partial charge in [-0.25, -0.2) is 0 Å². The van der Waals surface area contributed by atoms with Gasteiger partial charge in [0, 0.05) is 30.1 Å². The lowest BCUT2D eigenvalue weighted by Crippen LogP contribution is -2.57. The Morgan fingerprint density at radius 2 is 2.03 bits per heavy atom. The van der Waals surface area contributed by atoms with Crippen molar-refractivity contribution in [1.29, 1.82) is 0 Å². The number of hydrogen-bond acceptors (Lipinski definition) is 4. The molecule has 1 aromatic heterocycles. The van der Waals surface area contributed by atoms with Crippen LogP contribution in [0.5, 0.6) is 11.5 Å². The molecule has 1 saturated carbocycles. The third-order valence-corrected chi connectivity index (χ3v) is 7.67. The van der Waals surface area contributed by atoms with E-state index in [0.717, 1.165) is 42.4 Å². The lowest BCUT2D eigenvalue weighted by molar-refractivity contribution is -0.135. The molecule has 0 saturated heterocycles. The summed E-state index contributed by atoms with van der Waals surface area (Å²) in [6.45, 7) is 8.89. The van der Waals surface area contributed by atoms with E-state index < -0.39 is 5.41 Å². The van der Waals surface area contributed by atoms with Crippen LogP contribution in [0.4, 0.5) is 0 Å². The van der Waals surface area contributed by atoms with Gasteiger partial charge in [-0.05, 0) is 60.1 Å². The minimum absolute atomic E-state index is 0.0274. The van der Waals surface area contributed by atoms with Crippen LogP contribution in [0, 0.1) is 11.3 Å². The van der Waals surface area contributed by atoms with Gasteiger partial charge in [0.25, 0.3) is 0 Å². The molecule has 0 radical (unpaired) electrons. The topological polar surface area (TPSA) is 82.5 Å². The van der Waals surface area contributed by atoms with E-state index in [9.17, 15) is 15.0 Å². The third kappa shape index (κ3) is 3.48. The van der Waals surface area contributed by atoms with Gasteiger partial charge in [0.15, 0.2) is 11.5 Å². The highest BCUT2D eigenvalue weighted by Crippen LogP contribution is 2.60. The number of phenols is 2. The molecule has 2 aromatic rings. The van der Waals surface area contributed by atoms with Crippen molar-refractivity contribution in [2.75, 3.05) is 0 Å². The van der Waals surface area contributed by atoms with Crippen molar-refractivity contribution in [1.82, 2.24) is 10.3 Å². The molecule has 0 spiro atoms. The van der Waals surface area contributed by atoms with Crippen molar-refractivity contribution < 1.29 is 15.0 Å². The molecular formula is C26H34N2O3. The number of carbonyl (C=O) groups excluding carboxylic acids is 1. The van der Waals surface area contributed by atoms with Gasteiger partial charge >= 0.3 is 0 Å². The Hall–Kier alpha value is -2.56. The van der Waals surface area contributed by atoms with E-state index in [1.54, 1.807) is 12.4 Å². The van der Waals surface area contributed by atoms with Gasteiger partial charge in [-0.2, -0.15) is 0 Å². The molecule has 1 amide bonds. The number of aryl methyl sites for hydroxylation is 1. The number of aromatic nitrogens is 1. The lowest BCUT2D eigenvalue weighted by Gasteiger charge is -2.54. The molecule has 5 heteroatoms. The van der Waals surface area contributed by atoms with Crippen LogP contribution >= 0.6 is 0 Å². The third-order valence-electron chi connectivity index (χ3n) is 7.67. The summed E-state index contributed by atoms with van der Waals surface area (Å²) in [5, 5.41) is 25.2. The number of carbonyl (C=O) groups is 1. The van der Waals surface area contributed by atoms with Crippen molar-refractivity contribution >= 4 is 5.91 Å². The number of hydrogen-bond donors (Lipinski definition) is 3. The summed E-state index contributed by atoms with van der Waals surface area (Å²) in [5.74, 6) is -0.0307. The number of phenolic OH excluding ortho intramolecular Hbond substituents is 2. The Balaban J connectivity index is 1.83. The molecule has 31 heavy (non-hydrogen) atoms. The molecule has 1 heterocycles. The Labute approximate surface area is 184 Å². The fourth-order valence-electron chi connectivity index (χ4n) is 6.17. The van der Waals surface area contributed by atoms with E-state index >= 15 is 0 Å². The van der Waals surface area contributed by atoms with Crippen LogP contribution < -0.4 is 5.32 Å². The second-order valence-corrected chi connectivity index (χ2v) is 10.3. The van der Waals surface area contributed by atoms with Gasteiger partial charge in [-0.3, -0.25) is 9.78 Å². The van der Waals surface area contributed by atoms with Gasteiger partial charge in [-0.1, -0.05) is 46.2 Å². The summed E-state index contributed by atoms with van der Waals surface area (Å²) in [6, 6.07) is 5.82. The minimum atomic E-state index is -0.839. The SMILES string of the molecule is CC(C)c1cc2c(c(O)c1O)[C@@]1(C(=O)NCc3cccnc3)CCCC(C)(C)[C@@H]1CC2. The van der Waals surface area contributed by atoms with E-state index in [4.69, 9.17) is 0 Å². The molecule has 0 bridgehead atoms. The molecule has 0 unspecified atom stereocenters. The summed E-state index contributed by atoms with van der Waals surface area (Å²) >= 11 is 0. The summed E-state index contributed by atoms with van der Waals surface area (Å²) < 4.78 is 0. The minimum Gasteiger partial charge on any atom is -0.504 e. The molecule has 0 aliphatic heterocycles. The molecule has 2 aliphatic rings. The standard InChI is InChI=1S/C26H34N2O3/c1-16(2)19-13-18-8-9-20-25(3,4)10-6-11-26(20,21(18)23(30)22(19)29)24(31)28-15-17-7-5-12-27-14-17/h5,7,12-14,16,20,29-30H,6,8-11,15H2,1-4H3,(H,28,31)/t20-,26+/m0/s1. The molecule has 1 aromatic carbocycles. The second kappa shape index (κ2) is 7.85. The fourth-order valence-corrected chi connectivity index (χ4v) is 6.17. The zero-order valence-corrected chi connectivity index (χ0v) is 19.0. The summed E-state index contributed by atoms with van der Waals surface area (Å²) in [7, 11) is 0. The first-order chi connectivity index (χ1) is 14.7. The normalized spacial score (nSPS) is 24.4. The maximum absolute atomic E-state index is 13.9. The van der Waals surface area contributed by atoms with Crippen LogP contribution in [-0.2, 0) is 23.2 Å². The van der Waals surface area contributed by atoms with Crippen LogP contribution in [0.1, 0.15) is 81.5 Å². The van der Waals surface area contributed by atoms with Crippen LogP contribution in [0.3, 0.4) is 0 Å². The quantitative estimate of drug-likeness (QED) is 0.609. The van der Waals surface area contributed by atoms with Crippen LogP contribution in [0.15, 0.2) is 30.6 Å². The van der Waals surface area contributed by atoms with Crippen LogP contribution in [0.25, 0.3) is 0 Å². The van der Waals surface area contributed by atoms with Crippen LogP contribution in [0.2, 0.25) is 0 Å². The molecule has 2 atom stereocenters. The lowest BCUT2D eigenvalue weighted by atomic mass is 9.49. The average Bonchev–Trinajstić information content (AvgIpc) is 2.74. The summed E-state index contributed by atoms with van der Waals surface area (Å²) in [6.07, 6.45) is 7.84. The smallest absolute Gasteiger partial charge is 0.231 e. The molecule has 1 fully saturated rings. The zero-order valence-electron chi connectivity index (χ0n) is 19.0. The molecule has 4 rings (SSSR count). The number of pyridine rings is 1. The fraction of sp³-hybridized carbons (Fsp3) is 0.538. The first-order valence-corrected chi connectivity index (χ1v) is 11.4. The van der Waals surface area contributed by atoms with Gasteiger partial charge in [0.05, 0.1) is 5.41 Å². The van der Waals surface area contributed by atoms with Gasteiger partial charge in [0.1, 0.15) is 0 Å². The molecule has 5 nitrogen and oxygen atoms in total. The Bertz CT molecular complexity index is 984. The van der Waals surface area contributed by atoms with E-state index in [-0.39, 0.29) is 34.7 Å². The number of amides is 1. The van der Waals surface area contributed by atoms with E-state index in [2.05, 4.69) is 24.1 Å². The van der Waals surface area contributed by atoms with E-state index in [1.165, 1.54) is 0 Å². The molecule has 3 N–H and O–H groups in total. The Kier molecular flexibility index (Phi) is 5.48. The maximum Gasteiger partial charge on any atom is 0.231 e. The number of nitrogens with one attached hydrogen (secondary N) is 1.